The summed E-state index contributed by atoms with van der Waals surface area (Å²) < 4.78 is 12.2. The van der Waals surface area contributed by atoms with Crippen molar-refractivity contribution in [2.45, 2.75) is 12.1 Å². The molecular weight excluding hydrogens is 390 g/mol. The van der Waals surface area contributed by atoms with Crippen molar-refractivity contribution in [1.29, 1.82) is 0 Å². The first-order valence-electron chi connectivity index (χ1n) is 8.99. The van der Waals surface area contributed by atoms with Crippen LogP contribution in [0.2, 0.25) is 0 Å². The number of aromatic nitrogens is 2. The quantitative estimate of drug-likeness (QED) is 0.449. The van der Waals surface area contributed by atoms with Crippen LogP contribution in [0.25, 0.3) is 5.69 Å². The molecule has 0 radical (unpaired) electrons. The number of anilines is 1. The van der Waals surface area contributed by atoms with Gasteiger partial charge in [-0.1, -0.05) is 23.9 Å². The molecule has 0 unspecified atom stereocenters. The van der Waals surface area contributed by atoms with Crippen molar-refractivity contribution in [2.24, 2.45) is 0 Å². The molecule has 0 aliphatic heterocycles. The highest BCUT2D eigenvalue weighted by atomic mass is 32.2. The first-order chi connectivity index (χ1) is 14.1. The minimum absolute atomic E-state index is 0.173. The molecule has 1 aromatic heterocycles. The summed E-state index contributed by atoms with van der Waals surface area (Å²) in [5, 5.41) is 3.49. The Morgan fingerprint density at radius 1 is 1.14 bits per heavy atom. The number of hydrogen-bond donors (Lipinski definition) is 1. The van der Waals surface area contributed by atoms with Gasteiger partial charge in [-0.3, -0.25) is 9.36 Å². The lowest BCUT2D eigenvalue weighted by atomic mass is 10.2. The Bertz CT molecular complexity index is 986. The summed E-state index contributed by atoms with van der Waals surface area (Å²) in [5.41, 5.74) is 1.90. The number of ether oxygens (including phenoxy) is 2. The van der Waals surface area contributed by atoms with E-state index in [2.05, 4.69) is 10.3 Å². The Hall–Kier alpha value is -3.26. The molecule has 7 nitrogen and oxygen atoms in total. The molecule has 0 saturated carbocycles. The molecule has 0 aliphatic carbocycles. The molecule has 2 aromatic carbocycles. The fraction of sp³-hybridized carbons (Fsp3) is 0.190. The third-order valence-corrected chi connectivity index (χ3v) is 4.93. The van der Waals surface area contributed by atoms with E-state index in [9.17, 15) is 9.59 Å². The van der Waals surface area contributed by atoms with Gasteiger partial charge >= 0.3 is 5.97 Å². The summed E-state index contributed by atoms with van der Waals surface area (Å²) in [6, 6.07) is 14.2. The predicted molar refractivity (Wildman–Crippen MR) is 112 cm³/mol. The van der Waals surface area contributed by atoms with Gasteiger partial charge in [0.1, 0.15) is 5.75 Å². The van der Waals surface area contributed by atoms with Crippen LogP contribution in [0.5, 0.6) is 5.75 Å². The Kier molecular flexibility index (Phi) is 6.91. The third kappa shape index (κ3) is 5.17. The average Bonchev–Trinajstić information content (AvgIpc) is 3.21. The fourth-order valence-electron chi connectivity index (χ4n) is 2.64. The molecule has 3 rings (SSSR count). The average molecular weight is 411 g/mol. The Morgan fingerprint density at radius 2 is 1.90 bits per heavy atom. The molecule has 0 aliphatic rings. The van der Waals surface area contributed by atoms with Gasteiger partial charge in [0.2, 0.25) is 5.91 Å². The number of esters is 1. The van der Waals surface area contributed by atoms with E-state index in [4.69, 9.17) is 9.47 Å². The van der Waals surface area contributed by atoms with E-state index in [0.29, 0.717) is 23.0 Å². The van der Waals surface area contributed by atoms with Crippen molar-refractivity contribution >= 4 is 29.3 Å². The van der Waals surface area contributed by atoms with Crippen LogP contribution in [0.1, 0.15) is 17.3 Å². The molecular formula is C21H21N3O4S. The SMILES string of the molecule is CCOC(=O)c1ccc(NC(=O)CSc2nccn2-c2ccccc2OC)cc1. The summed E-state index contributed by atoms with van der Waals surface area (Å²) in [7, 11) is 1.61. The molecule has 8 heteroatoms. The standard InChI is InChI=1S/C21H21N3O4S/c1-3-28-20(26)15-8-10-16(11-9-15)23-19(25)14-29-21-22-12-13-24(21)17-6-4-5-7-18(17)27-2/h4-13H,3,14H2,1-2H3,(H,23,25). The van der Waals surface area contributed by atoms with Gasteiger partial charge in [-0.25, -0.2) is 9.78 Å². The zero-order chi connectivity index (χ0) is 20.6. The molecule has 150 valence electrons. The summed E-state index contributed by atoms with van der Waals surface area (Å²) in [6.45, 7) is 2.07. The van der Waals surface area contributed by atoms with Crippen molar-refractivity contribution < 1.29 is 19.1 Å². The van der Waals surface area contributed by atoms with Crippen molar-refractivity contribution in [2.75, 3.05) is 24.8 Å². The highest BCUT2D eigenvalue weighted by molar-refractivity contribution is 7.99. The molecule has 1 heterocycles. The van der Waals surface area contributed by atoms with Crippen molar-refractivity contribution in [3.05, 3.63) is 66.5 Å². The van der Waals surface area contributed by atoms with Gasteiger partial charge in [0.15, 0.2) is 5.16 Å². The number of hydrogen-bond acceptors (Lipinski definition) is 6. The molecule has 1 amide bonds. The second-order valence-electron chi connectivity index (χ2n) is 5.89. The number of methoxy groups -OCH3 is 1. The molecule has 0 saturated heterocycles. The van der Waals surface area contributed by atoms with Gasteiger partial charge in [-0.15, -0.1) is 0 Å². The maximum atomic E-state index is 12.3. The summed E-state index contributed by atoms with van der Waals surface area (Å²) in [6.07, 6.45) is 3.51. The number of benzene rings is 2. The second kappa shape index (κ2) is 9.79. The van der Waals surface area contributed by atoms with Gasteiger partial charge < -0.3 is 14.8 Å². The smallest absolute Gasteiger partial charge is 0.338 e. The number of nitrogens with one attached hydrogen (secondary N) is 1. The minimum Gasteiger partial charge on any atom is -0.495 e. The van der Waals surface area contributed by atoms with Crippen LogP contribution >= 0.6 is 11.8 Å². The zero-order valence-electron chi connectivity index (χ0n) is 16.1. The molecule has 1 N–H and O–H groups in total. The van der Waals surface area contributed by atoms with E-state index < -0.39 is 0 Å². The largest absolute Gasteiger partial charge is 0.495 e. The van der Waals surface area contributed by atoms with Crippen LogP contribution in [-0.2, 0) is 9.53 Å². The first kappa shape index (κ1) is 20.5. The maximum Gasteiger partial charge on any atom is 0.338 e. The topological polar surface area (TPSA) is 82.5 Å². The van der Waals surface area contributed by atoms with Crippen LogP contribution < -0.4 is 10.1 Å². The normalized spacial score (nSPS) is 10.4. The lowest BCUT2D eigenvalue weighted by Crippen LogP contribution is -2.14. The summed E-state index contributed by atoms with van der Waals surface area (Å²) in [5.74, 6) is 0.349. The van der Waals surface area contributed by atoms with Crippen LogP contribution in [0.3, 0.4) is 0 Å². The van der Waals surface area contributed by atoms with Crippen LogP contribution in [-0.4, -0.2) is 40.9 Å². The molecule has 29 heavy (non-hydrogen) atoms. The number of amides is 1. The number of carbonyl (C=O) groups excluding carboxylic acids is 2. The van der Waals surface area contributed by atoms with E-state index >= 15 is 0 Å². The van der Waals surface area contributed by atoms with Crippen molar-refractivity contribution in [3.8, 4) is 11.4 Å². The molecule has 3 aromatic rings. The van der Waals surface area contributed by atoms with Gasteiger partial charge in [0, 0.05) is 18.1 Å². The van der Waals surface area contributed by atoms with E-state index in [1.807, 2.05) is 35.0 Å². The number of thioether (sulfide) groups is 1. The number of rotatable bonds is 8. The third-order valence-electron chi connectivity index (χ3n) is 3.96. The number of nitrogens with zero attached hydrogens (tertiary/aromatic N) is 2. The number of carbonyl (C=O) groups is 2. The molecule has 0 bridgehead atoms. The van der Waals surface area contributed by atoms with Gasteiger partial charge in [-0.05, 0) is 43.3 Å². The summed E-state index contributed by atoms with van der Waals surface area (Å²) in [4.78, 5) is 28.3. The molecule has 0 spiro atoms. The zero-order valence-corrected chi connectivity index (χ0v) is 16.9. The Balaban J connectivity index is 1.61. The van der Waals surface area contributed by atoms with E-state index in [-0.39, 0.29) is 17.6 Å². The Morgan fingerprint density at radius 3 is 2.62 bits per heavy atom. The Labute approximate surface area is 173 Å². The molecule has 0 fully saturated rings. The monoisotopic (exact) mass is 411 g/mol. The van der Waals surface area contributed by atoms with Crippen LogP contribution in [0.15, 0.2) is 66.1 Å². The fourth-order valence-corrected chi connectivity index (χ4v) is 3.41. The lowest BCUT2D eigenvalue weighted by Gasteiger charge is -2.11. The van der Waals surface area contributed by atoms with E-state index in [1.54, 1.807) is 44.5 Å². The molecule has 0 atom stereocenters. The van der Waals surface area contributed by atoms with Gasteiger partial charge in [0.05, 0.1) is 30.7 Å². The second-order valence-corrected chi connectivity index (χ2v) is 6.83. The van der Waals surface area contributed by atoms with Gasteiger partial charge in [-0.2, -0.15) is 0 Å². The summed E-state index contributed by atoms with van der Waals surface area (Å²) >= 11 is 1.32. The van der Waals surface area contributed by atoms with Crippen LogP contribution in [0, 0.1) is 0 Å². The highest BCUT2D eigenvalue weighted by Crippen LogP contribution is 2.27. The number of para-hydroxylation sites is 2. The van der Waals surface area contributed by atoms with Crippen molar-refractivity contribution in [3.63, 3.8) is 0 Å². The van der Waals surface area contributed by atoms with Crippen LogP contribution in [0.4, 0.5) is 5.69 Å². The van der Waals surface area contributed by atoms with Crippen molar-refractivity contribution in [1.82, 2.24) is 9.55 Å². The highest BCUT2D eigenvalue weighted by Gasteiger charge is 2.12. The van der Waals surface area contributed by atoms with E-state index in [1.165, 1.54) is 11.8 Å². The van der Waals surface area contributed by atoms with Gasteiger partial charge in [0.25, 0.3) is 0 Å². The predicted octanol–water partition coefficient (Wildman–Crippen LogP) is 3.79. The minimum atomic E-state index is -0.385. The first-order valence-corrected chi connectivity index (χ1v) is 9.97. The van der Waals surface area contributed by atoms with E-state index in [0.717, 1.165) is 11.4 Å². The lowest BCUT2D eigenvalue weighted by molar-refractivity contribution is -0.113. The number of imidazole rings is 1. The maximum absolute atomic E-state index is 12.3.